The highest BCUT2D eigenvalue weighted by Gasteiger charge is 2.07. The first-order valence-electron chi connectivity index (χ1n) is 7.54. The third-order valence-corrected chi connectivity index (χ3v) is 4.37. The largest absolute Gasteiger partial charge is 0.354 e. The Morgan fingerprint density at radius 3 is 2.35 bits per heavy atom. The van der Waals surface area contributed by atoms with Crippen LogP contribution in [0.25, 0.3) is 0 Å². The van der Waals surface area contributed by atoms with Gasteiger partial charge in [0.1, 0.15) is 0 Å². The van der Waals surface area contributed by atoms with Gasteiger partial charge in [0.2, 0.25) is 5.91 Å². The first kappa shape index (κ1) is 15.3. The highest BCUT2D eigenvalue weighted by molar-refractivity contribution is 7.09. The molecular weight excluding hydrogens is 304 g/mol. The second-order valence-corrected chi connectivity index (χ2v) is 6.20. The molecule has 3 aromatic rings. The number of hydrogen-bond acceptors (Lipinski definition) is 3. The molecule has 1 amide bonds. The van der Waals surface area contributed by atoms with E-state index in [0.29, 0.717) is 6.42 Å². The van der Waals surface area contributed by atoms with Crippen LogP contribution in [0.4, 0.5) is 17.1 Å². The van der Waals surface area contributed by atoms with Gasteiger partial charge in [-0.25, -0.2) is 0 Å². The number of hydrogen-bond donors (Lipinski definition) is 2. The number of anilines is 3. The second-order valence-electron chi connectivity index (χ2n) is 5.16. The van der Waals surface area contributed by atoms with Crippen molar-refractivity contribution < 1.29 is 4.79 Å². The van der Waals surface area contributed by atoms with Crippen LogP contribution in [0.15, 0.2) is 72.1 Å². The lowest BCUT2D eigenvalue weighted by atomic mass is 10.2. The minimum Gasteiger partial charge on any atom is -0.354 e. The number of carbonyl (C=O) groups is 1. The van der Waals surface area contributed by atoms with E-state index in [1.54, 1.807) is 11.3 Å². The predicted molar refractivity (Wildman–Crippen MR) is 97.4 cm³/mol. The molecule has 3 nitrogen and oxygen atoms in total. The third kappa shape index (κ3) is 4.44. The van der Waals surface area contributed by atoms with Gasteiger partial charge in [-0.2, -0.15) is 0 Å². The molecule has 0 bridgehead atoms. The Hall–Kier alpha value is -2.59. The van der Waals surface area contributed by atoms with Gasteiger partial charge in [0.25, 0.3) is 0 Å². The van der Waals surface area contributed by atoms with Gasteiger partial charge in [-0.1, -0.05) is 36.4 Å². The summed E-state index contributed by atoms with van der Waals surface area (Å²) in [6, 6.07) is 21.7. The molecule has 0 spiro atoms. The monoisotopic (exact) mass is 322 g/mol. The molecule has 1 aromatic heterocycles. The summed E-state index contributed by atoms with van der Waals surface area (Å²) in [5, 5.41) is 8.37. The number of aryl methyl sites for hydroxylation is 1. The molecule has 23 heavy (non-hydrogen) atoms. The van der Waals surface area contributed by atoms with E-state index in [4.69, 9.17) is 0 Å². The lowest BCUT2D eigenvalue weighted by Gasteiger charge is -2.13. The number of rotatable bonds is 6. The highest BCUT2D eigenvalue weighted by atomic mass is 32.1. The predicted octanol–water partition coefficient (Wildman–Crippen LogP) is 5.06. The average molecular weight is 322 g/mol. The molecule has 0 fully saturated rings. The molecule has 0 atom stereocenters. The zero-order valence-electron chi connectivity index (χ0n) is 12.7. The molecule has 4 heteroatoms. The maximum absolute atomic E-state index is 12.2. The van der Waals surface area contributed by atoms with Gasteiger partial charge in [0.05, 0.1) is 11.4 Å². The Labute approximate surface area is 140 Å². The van der Waals surface area contributed by atoms with Crippen LogP contribution in [0.3, 0.4) is 0 Å². The molecule has 116 valence electrons. The Morgan fingerprint density at radius 1 is 0.870 bits per heavy atom. The van der Waals surface area contributed by atoms with Crippen molar-refractivity contribution in [1.29, 1.82) is 0 Å². The molecule has 0 aliphatic rings. The van der Waals surface area contributed by atoms with E-state index < -0.39 is 0 Å². The maximum atomic E-state index is 12.2. The maximum Gasteiger partial charge on any atom is 0.224 e. The first-order valence-corrected chi connectivity index (χ1v) is 8.42. The van der Waals surface area contributed by atoms with Gasteiger partial charge < -0.3 is 10.6 Å². The summed E-state index contributed by atoms with van der Waals surface area (Å²) in [7, 11) is 0. The second kappa shape index (κ2) is 7.61. The van der Waals surface area contributed by atoms with E-state index in [1.807, 2.05) is 66.0 Å². The fraction of sp³-hybridized carbons (Fsp3) is 0.105. The van der Waals surface area contributed by atoms with Crippen LogP contribution in [0.5, 0.6) is 0 Å². The Balaban J connectivity index is 1.64. The van der Waals surface area contributed by atoms with Crippen molar-refractivity contribution in [2.24, 2.45) is 0 Å². The summed E-state index contributed by atoms with van der Waals surface area (Å²) in [5.74, 6) is 0.0284. The molecule has 2 aromatic carbocycles. The minimum absolute atomic E-state index is 0.0284. The summed E-state index contributed by atoms with van der Waals surface area (Å²) in [6.45, 7) is 0. The lowest BCUT2D eigenvalue weighted by Crippen LogP contribution is -2.13. The fourth-order valence-electron chi connectivity index (χ4n) is 2.28. The summed E-state index contributed by atoms with van der Waals surface area (Å²) in [4.78, 5) is 13.4. The van der Waals surface area contributed by atoms with Crippen LogP contribution in [0.1, 0.15) is 11.3 Å². The smallest absolute Gasteiger partial charge is 0.224 e. The molecule has 2 N–H and O–H groups in total. The van der Waals surface area contributed by atoms with E-state index in [2.05, 4.69) is 16.7 Å². The molecule has 1 heterocycles. The molecule has 0 unspecified atom stereocenters. The van der Waals surface area contributed by atoms with Crippen molar-refractivity contribution in [3.63, 3.8) is 0 Å². The lowest BCUT2D eigenvalue weighted by molar-refractivity contribution is -0.116. The summed E-state index contributed by atoms with van der Waals surface area (Å²) in [6.07, 6.45) is 1.26. The number of nitrogens with one attached hydrogen (secondary N) is 2. The molecule has 0 saturated carbocycles. The quantitative estimate of drug-likeness (QED) is 0.666. The van der Waals surface area contributed by atoms with E-state index in [0.717, 1.165) is 23.5 Å². The van der Waals surface area contributed by atoms with E-state index in [9.17, 15) is 4.79 Å². The Kier molecular flexibility index (Phi) is 5.06. The van der Waals surface area contributed by atoms with E-state index in [-0.39, 0.29) is 5.91 Å². The van der Waals surface area contributed by atoms with Crippen LogP contribution in [0, 0.1) is 0 Å². The number of thiophene rings is 1. The van der Waals surface area contributed by atoms with Gasteiger partial charge in [-0.05, 0) is 42.1 Å². The zero-order chi connectivity index (χ0) is 15.9. The highest BCUT2D eigenvalue weighted by Crippen LogP contribution is 2.25. The average Bonchev–Trinajstić information content (AvgIpc) is 3.09. The first-order chi connectivity index (χ1) is 11.3. The fourth-order valence-corrected chi connectivity index (χ4v) is 2.99. The molecule has 0 aliphatic carbocycles. The van der Waals surface area contributed by atoms with Gasteiger partial charge in [-0.15, -0.1) is 11.3 Å². The van der Waals surface area contributed by atoms with Crippen molar-refractivity contribution in [3.05, 3.63) is 77.0 Å². The number of amides is 1. The SMILES string of the molecule is O=C(CCc1cccs1)Nc1ccccc1Nc1ccccc1. The van der Waals surface area contributed by atoms with Crippen LogP contribution >= 0.6 is 11.3 Å². The molecule has 0 radical (unpaired) electrons. The zero-order valence-corrected chi connectivity index (χ0v) is 13.5. The van der Waals surface area contributed by atoms with Gasteiger partial charge in [0.15, 0.2) is 0 Å². The standard InChI is InChI=1S/C19H18N2OS/c22-19(13-12-16-9-6-14-23-16)21-18-11-5-4-10-17(18)20-15-7-2-1-3-8-15/h1-11,14,20H,12-13H2,(H,21,22). The van der Waals surface area contributed by atoms with Gasteiger partial charge >= 0.3 is 0 Å². The van der Waals surface area contributed by atoms with Crippen LogP contribution in [-0.4, -0.2) is 5.91 Å². The van der Waals surface area contributed by atoms with Crippen molar-refractivity contribution in [2.75, 3.05) is 10.6 Å². The van der Waals surface area contributed by atoms with Crippen LogP contribution in [-0.2, 0) is 11.2 Å². The molecule has 0 saturated heterocycles. The van der Waals surface area contributed by atoms with Crippen molar-refractivity contribution in [2.45, 2.75) is 12.8 Å². The van der Waals surface area contributed by atoms with Crippen molar-refractivity contribution in [3.8, 4) is 0 Å². The topological polar surface area (TPSA) is 41.1 Å². The van der Waals surface area contributed by atoms with E-state index in [1.165, 1.54) is 4.88 Å². The molecule has 0 aliphatic heterocycles. The van der Waals surface area contributed by atoms with Crippen LogP contribution in [0.2, 0.25) is 0 Å². The number of para-hydroxylation sites is 3. The van der Waals surface area contributed by atoms with Crippen molar-refractivity contribution >= 4 is 34.3 Å². The summed E-state index contributed by atoms with van der Waals surface area (Å²) >= 11 is 1.68. The Bertz CT molecular complexity index is 754. The summed E-state index contributed by atoms with van der Waals surface area (Å²) in [5.41, 5.74) is 2.68. The minimum atomic E-state index is 0.0284. The van der Waals surface area contributed by atoms with Crippen molar-refractivity contribution in [1.82, 2.24) is 0 Å². The number of benzene rings is 2. The van der Waals surface area contributed by atoms with Crippen LogP contribution < -0.4 is 10.6 Å². The number of carbonyl (C=O) groups excluding carboxylic acids is 1. The normalized spacial score (nSPS) is 10.3. The Morgan fingerprint density at radius 2 is 1.61 bits per heavy atom. The molecular formula is C19H18N2OS. The van der Waals surface area contributed by atoms with E-state index >= 15 is 0 Å². The van der Waals surface area contributed by atoms with Gasteiger partial charge in [0, 0.05) is 17.0 Å². The third-order valence-electron chi connectivity index (χ3n) is 3.43. The summed E-state index contributed by atoms with van der Waals surface area (Å²) < 4.78 is 0. The molecule has 3 rings (SSSR count). The van der Waals surface area contributed by atoms with Gasteiger partial charge in [-0.3, -0.25) is 4.79 Å².